The standard InChI is InChI=1S/C18H22N4O2/c1-22(2)17-9-5-7-14(20-17)11-19-18(23)21-15-10-13-6-3-4-8-16(13)24-12-15/h3-9,15H,10-12H2,1-2H3,(H2,19,21,23). The predicted molar refractivity (Wildman–Crippen MR) is 93.4 cm³/mol. The van der Waals surface area contributed by atoms with Crippen LogP contribution in [0.5, 0.6) is 5.75 Å². The molecule has 0 saturated heterocycles. The molecule has 0 spiro atoms. The molecule has 0 fully saturated rings. The highest BCUT2D eigenvalue weighted by Gasteiger charge is 2.20. The van der Waals surface area contributed by atoms with Gasteiger partial charge in [0.05, 0.1) is 18.3 Å². The lowest BCUT2D eigenvalue weighted by Crippen LogP contribution is -2.47. The summed E-state index contributed by atoms with van der Waals surface area (Å²) in [4.78, 5) is 18.5. The lowest BCUT2D eigenvalue weighted by atomic mass is 10.0. The average Bonchev–Trinajstić information content (AvgIpc) is 2.60. The van der Waals surface area contributed by atoms with Crippen LogP contribution in [0.3, 0.4) is 0 Å². The molecule has 2 amide bonds. The molecule has 6 nitrogen and oxygen atoms in total. The molecule has 3 rings (SSSR count). The average molecular weight is 326 g/mol. The highest BCUT2D eigenvalue weighted by Crippen LogP contribution is 2.23. The van der Waals surface area contributed by atoms with Gasteiger partial charge in [-0.2, -0.15) is 0 Å². The van der Waals surface area contributed by atoms with Crippen LogP contribution in [0.25, 0.3) is 0 Å². The number of hydrogen-bond donors (Lipinski definition) is 2. The number of para-hydroxylation sites is 1. The van der Waals surface area contributed by atoms with Crippen LogP contribution in [0.2, 0.25) is 0 Å². The monoisotopic (exact) mass is 326 g/mol. The third-order valence-corrected chi connectivity index (χ3v) is 3.89. The van der Waals surface area contributed by atoms with E-state index in [1.165, 1.54) is 0 Å². The summed E-state index contributed by atoms with van der Waals surface area (Å²) in [5.41, 5.74) is 1.94. The summed E-state index contributed by atoms with van der Waals surface area (Å²) in [6.45, 7) is 0.872. The predicted octanol–water partition coefficient (Wildman–Crippen LogP) is 1.95. The molecule has 0 aliphatic carbocycles. The minimum absolute atomic E-state index is 0.0269. The zero-order chi connectivity index (χ0) is 16.9. The molecule has 1 aliphatic rings. The van der Waals surface area contributed by atoms with Crippen molar-refractivity contribution in [2.24, 2.45) is 0 Å². The Morgan fingerprint density at radius 1 is 1.25 bits per heavy atom. The first-order valence-electron chi connectivity index (χ1n) is 8.00. The number of amides is 2. The van der Waals surface area contributed by atoms with Crippen LogP contribution in [-0.2, 0) is 13.0 Å². The Labute approximate surface area is 141 Å². The van der Waals surface area contributed by atoms with Crippen molar-refractivity contribution in [1.29, 1.82) is 0 Å². The van der Waals surface area contributed by atoms with Gasteiger partial charge in [0.2, 0.25) is 0 Å². The van der Waals surface area contributed by atoms with Gasteiger partial charge in [0.15, 0.2) is 0 Å². The molecule has 1 atom stereocenters. The number of carbonyl (C=O) groups is 1. The largest absolute Gasteiger partial charge is 0.491 e. The van der Waals surface area contributed by atoms with Gasteiger partial charge in [-0.05, 0) is 30.2 Å². The smallest absolute Gasteiger partial charge is 0.315 e. The van der Waals surface area contributed by atoms with E-state index in [2.05, 4.69) is 15.6 Å². The fraction of sp³-hybridized carbons (Fsp3) is 0.333. The molecular formula is C18H22N4O2. The van der Waals surface area contributed by atoms with E-state index in [-0.39, 0.29) is 12.1 Å². The number of urea groups is 1. The Kier molecular flexibility index (Phi) is 4.84. The molecule has 2 heterocycles. The molecule has 0 radical (unpaired) electrons. The summed E-state index contributed by atoms with van der Waals surface area (Å²) in [6.07, 6.45) is 0.776. The number of carbonyl (C=O) groups excluding carboxylic acids is 1. The molecule has 1 aromatic carbocycles. The number of fused-ring (bicyclic) bond motifs is 1. The van der Waals surface area contributed by atoms with Gasteiger partial charge in [-0.1, -0.05) is 24.3 Å². The number of aromatic nitrogens is 1. The van der Waals surface area contributed by atoms with E-state index in [1.807, 2.05) is 61.5 Å². The number of nitrogens with one attached hydrogen (secondary N) is 2. The van der Waals surface area contributed by atoms with E-state index in [9.17, 15) is 4.79 Å². The summed E-state index contributed by atoms with van der Waals surface area (Å²) < 4.78 is 5.68. The first-order valence-corrected chi connectivity index (χ1v) is 8.00. The highest BCUT2D eigenvalue weighted by atomic mass is 16.5. The van der Waals surface area contributed by atoms with E-state index >= 15 is 0 Å². The molecule has 0 saturated carbocycles. The fourth-order valence-corrected chi connectivity index (χ4v) is 2.64. The molecule has 0 bridgehead atoms. The lowest BCUT2D eigenvalue weighted by molar-refractivity contribution is 0.214. The van der Waals surface area contributed by atoms with Crippen LogP contribution in [0.1, 0.15) is 11.3 Å². The number of hydrogen-bond acceptors (Lipinski definition) is 4. The molecule has 1 unspecified atom stereocenters. The van der Waals surface area contributed by atoms with Crippen molar-refractivity contribution in [2.75, 3.05) is 25.6 Å². The minimum Gasteiger partial charge on any atom is -0.491 e. The van der Waals surface area contributed by atoms with Crippen molar-refractivity contribution in [2.45, 2.75) is 19.0 Å². The first-order chi connectivity index (χ1) is 11.6. The Morgan fingerprint density at radius 3 is 2.92 bits per heavy atom. The van der Waals surface area contributed by atoms with Crippen LogP contribution < -0.4 is 20.3 Å². The highest BCUT2D eigenvalue weighted by molar-refractivity contribution is 5.74. The van der Waals surface area contributed by atoms with Crippen molar-refractivity contribution in [3.8, 4) is 5.75 Å². The van der Waals surface area contributed by atoms with Crippen molar-refractivity contribution in [3.63, 3.8) is 0 Å². The van der Waals surface area contributed by atoms with Crippen molar-refractivity contribution < 1.29 is 9.53 Å². The van der Waals surface area contributed by atoms with Gasteiger partial charge in [0.1, 0.15) is 18.2 Å². The molecule has 6 heteroatoms. The van der Waals surface area contributed by atoms with E-state index < -0.39 is 0 Å². The summed E-state index contributed by atoms with van der Waals surface area (Å²) in [7, 11) is 3.88. The Bertz CT molecular complexity index is 718. The van der Waals surface area contributed by atoms with Gasteiger partial charge in [-0.15, -0.1) is 0 Å². The zero-order valence-electron chi connectivity index (χ0n) is 14.0. The fourth-order valence-electron chi connectivity index (χ4n) is 2.64. The second-order valence-electron chi connectivity index (χ2n) is 6.03. The van der Waals surface area contributed by atoms with Gasteiger partial charge in [-0.3, -0.25) is 0 Å². The Morgan fingerprint density at radius 2 is 2.08 bits per heavy atom. The van der Waals surface area contributed by atoms with Gasteiger partial charge >= 0.3 is 6.03 Å². The molecule has 1 aliphatic heterocycles. The summed E-state index contributed by atoms with van der Waals surface area (Å²) in [5, 5.41) is 5.80. The number of rotatable bonds is 4. The summed E-state index contributed by atoms with van der Waals surface area (Å²) in [6, 6.07) is 13.4. The molecule has 1 aromatic heterocycles. The zero-order valence-corrected chi connectivity index (χ0v) is 14.0. The molecule has 24 heavy (non-hydrogen) atoms. The van der Waals surface area contributed by atoms with Gasteiger partial charge in [0, 0.05) is 14.1 Å². The lowest BCUT2D eigenvalue weighted by Gasteiger charge is -2.26. The Balaban J connectivity index is 1.51. The maximum Gasteiger partial charge on any atom is 0.315 e. The van der Waals surface area contributed by atoms with Gasteiger partial charge in [-0.25, -0.2) is 9.78 Å². The summed E-state index contributed by atoms with van der Waals surface area (Å²) >= 11 is 0. The number of nitrogens with zero attached hydrogens (tertiary/aromatic N) is 2. The molecular weight excluding hydrogens is 304 g/mol. The van der Waals surface area contributed by atoms with Crippen LogP contribution in [-0.4, -0.2) is 37.8 Å². The second kappa shape index (κ2) is 7.21. The number of benzene rings is 1. The number of anilines is 1. The quantitative estimate of drug-likeness (QED) is 0.901. The van der Waals surface area contributed by atoms with E-state index in [1.54, 1.807) is 0 Å². The normalized spacial score (nSPS) is 15.8. The third kappa shape index (κ3) is 3.95. The summed E-state index contributed by atoms with van der Waals surface area (Å²) in [5.74, 6) is 1.77. The SMILES string of the molecule is CN(C)c1cccc(CNC(=O)NC2COc3ccccc3C2)n1. The third-order valence-electron chi connectivity index (χ3n) is 3.89. The van der Waals surface area contributed by atoms with E-state index in [0.717, 1.165) is 29.2 Å². The topological polar surface area (TPSA) is 66.5 Å². The molecule has 2 aromatic rings. The van der Waals surface area contributed by atoms with Crippen LogP contribution in [0, 0.1) is 0 Å². The number of pyridine rings is 1. The van der Waals surface area contributed by atoms with Crippen molar-refractivity contribution >= 4 is 11.8 Å². The van der Waals surface area contributed by atoms with Crippen LogP contribution in [0.15, 0.2) is 42.5 Å². The first kappa shape index (κ1) is 16.1. The molecule has 126 valence electrons. The van der Waals surface area contributed by atoms with Crippen LogP contribution in [0.4, 0.5) is 10.6 Å². The number of ether oxygens (including phenoxy) is 1. The van der Waals surface area contributed by atoms with E-state index in [0.29, 0.717) is 13.2 Å². The van der Waals surface area contributed by atoms with Crippen LogP contribution >= 0.6 is 0 Å². The minimum atomic E-state index is -0.208. The maximum absolute atomic E-state index is 12.1. The van der Waals surface area contributed by atoms with E-state index in [4.69, 9.17) is 4.74 Å². The second-order valence-corrected chi connectivity index (χ2v) is 6.03. The molecule has 2 N–H and O–H groups in total. The maximum atomic E-state index is 12.1. The van der Waals surface area contributed by atoms with Crippen molar-refractivity contribution in [3.05, 3.63) is 53.7 Å². The Hall–Kier alpha value is -2.76. The van der Waals surface area contributed by atoms with Crippen molar-refractivity contribution in [1.82, 2.24) is 15.6 Å². The van der Waals surface area contributed by atoms with Gasteiger partial charge in [0.25, 0.3) is 0 Å². The van der Waals surface area contributed by atoms with Gasteiger partial charge < -0.3 is 20.3 Å².